The number of hydrogen-bond acceptors (Lipinski definition) is 4. The number of ether oxygens (including phenoxy) is 3. The normalized spacial score (nSPS) is 19.1. The zero-order chi connectivity index (χ0) is 17.9. The van der Waals surface area contributed by atoms with Gasteiger partial charge in [-0.1, -0.05) is 12.8 Å². The third kappa shape index (κ3) is 11.0. The Morgan fingerprint density at radius 1 is 0.917 bits per heavy atom. The molecule has 0 N–H and O–H groups in total. The average molecular weight is 377 g/mol. The van der Waals surface area contributed by atoms with Gasteiger partial charge in [-0.25, -0.2) is 0 Å². The minimum Gasteiger partial charge on any atom is -0.455 e. The largest absolute Gasteiger partial charge is 0.455 e. The van der Waals surface area contributed by atoms with E-state index in [1.807, 2.05) is 0 Å². The van der Waals surface area contributed by atoms with Gasteiger partial charge in [0.1, 0.15) is 0 Å². The molecule has 1 saturated heterocycles. The van der Waals surface area contributed by atoms with Crippen LogP contribution >= 0.6 is 0 Å². The summed E-state index contributed by atoms with van der Waals surface area (Å²) in [5, 5.41) is 0. The quantitative estimate of drug-likeness (QED) is 0.322. The molecule has 1 heterocycles. The first-order valence-corrected chi connectivity index (χ1v) is 16.0. The van der Waals surface area contributed by atoms with Gasteiger partial charge in [0.25, 0.3) is 0 Å². The number of rotatable bonds is 14. The van der Waals surface area contributed by atoms with Crippen molar-refractivity contribution in [2.75, 3.05) is 33.5 Å². The summed E-state index contributed by atoms with van der Waals surface area (Å²) in [6.07, 6.45) is 7.87. The van der Waals surface area contributed by atoms with Gasteiger partial charge in [0.05, 0.1) is 19.3 Å². The second kappa shape index (κ2) is 11.8. The summed E-state index contributed by atoms with van der Waals surface area (Å²) in [6, 6.07) is 2.51. The zero-order valence-corrected chi connectivity index (χ0v) is 18.7. The topological polar surface area (TPSA) is 36.9 Å². The standard InChI is InChI=1S/C18H40O4Si2/c1-19-14-15-20-12-6-7-16-23(2,3)22-24(4,5)17-9-11-18-10-8-13-21-18/h18H,6-17H2,1-5H3. The van der Waals surface area contributed by atoms with E-state index in [0.717, 1.165) is 19.6 Å². The van der Waals surface area contributed by atoms with Crippen LogP contribution in [0.25, 0.3) is 0 Å². The van der Waals surface area contributed by atoms with E-state index in [4.69, 9.17) is 18.3 Å². The van der Waals surface area contributed by atoms with Crippen LogP contribution in [0, 0.1) is 0 Å². The molecule has 0 bridgehead atoms. The number of unbranched alkanes of at least 4 members (excludes halogenated alkanes) is 1. The Bertz CT molecular complexity index is 318. The van der Waals surface area contributed by atoms with Crippen LogP contribution < -0.4 is 0 Å². The summed E-state index contributed by atoms with van der Waals surface area (Å²) in [6.45, 7) is 12.8. The Morgan fingerprint density at radius 3 is 2.25 bits per heavy atom. The Kier molecular flexibility index (Phi) is 11.0. The van der Waals surface area contributed by atoms with Gasteiger partial charge in [-0.2, -0.15) is 0 Å². The molecule has 1 unspecified atom stereocenters. The predicted molar refractivity (Wildman–Crippen MR) is 106 cm³/mol. The van der Waals surface area contributed by atoms with Crippen molar-refractivity contribution in [3.63, 3.8) is 0 Å². The Labute approximate surface area is 151 Å². The van der Waals surface area contributed by atoms with Gasteiger partial charge in [-0.05, 0) is 64.0 Å². The zero-order valence-electron chi connectivity index (χ0n) is 16.7. The van der Waals surface area contributed by atoms with Gasteiger partial charge < -0.3 is 18.3 Å². The van der Waals surface area contributed by atoms with Crippen LogP contribution in [0.2, 0.25) is 38.3 Å². The molecule has 1 aliphatic rings. The van der Waals surface area contributed by atoms with E-state index < -0.39 is 16.6 Å². The molecule has 0 radical (unpaired) electrons. The molecular formula is C18H40O4Si2. The highest BCUT2D eigenvalue weighted by atomic mass is 28.4. The van der Waals surface area contributed by atoms with Crippen LogP contribution in [0.15, 0.2) is 0 Å². The van der Waals surface area contributed by atoms with Crippen LogP contribution in [0.4, 0.5) is 0 Å². The fourth-order valence-electron chi connectivity index (χ4n) is 3.48. The lowest BCUT2D eigenvalue weighted by molar-refractivity contribution is 0.0691. The second-order valence-corrected chi connectivity index (χ2v) is 17.1. The molecule has 6 heteroatoms. The van der Waals surface area contributed by atoms with Gasteiger partial charge in [0.15, 0.2) is 16.6 Å². The SMILES string of the molecule is COCCOCCCC[Si](C)(C)O[Si](C)(C)CCCC1CCCO1. The maximum absolute atomic E-state index is 6.71. The van der Waals surface area contributed by atoms with Gasteiger partial charge in [0, 0.05) is 20.3 Å². The van der Waals surface area contributed by atoms with Crippen LogP contribution in [0.3, 0.4) is 0 Å². The lowest BCUT2D eigenvalue weighted by Crippen LogP contribution is -2.44. The van der Waals surface area contributed by atoms with Crippen molar-refractivity contribution in [3.8, 4) is 0 Å². The molecule has 1 fully saturated rings. The van der Waals surface area contributed by atoms with Gasteiger partial charge in [-0.15, -0.1) is 0 Å². The molecule has 1 rings (SSSR count). The first-order valence-electron chi connectivity index (χ1n) is 9.73. The molecule has 0 aliphatic carbocycles. The molecule has 24 heavy (non-hydrogen) atoms. The first-order chi connectivity index (χ1) is 11.3. The smallest absolute Gasteiger partial charge is 0.173 e. The lowest BCUT2D eigenvalue weighted by atomic mass is 10.1. The molecule has 0 aromatic heterocycles. The Morgan fingerprint density at radius 2 is 1.62 bits per heavy atom. The molecule has 0 saturated carbocycles. The summed E-state index contributed by atoms with van der Waals surface area (Å²) in [7, 11) is -1.37. The molecule has 0 amide bonds. The van der Waals surface area contributed by atoms with Crippen molar-refractivity contribution in [1.29, 1.82) is 0 Å². The van der Waals surface area contributed by atoms with E-state index in [0.29, 0.717) is 19.3 Å². The van der Waals surface area contributed by atoms with Crippen LogP contribution in [-0.2, 0) is 18.3 Å². The first kappa shape index (κ1) is 22.3. The third-order valence-electron chi connectivity index (χ3n) is 4.63. The number of hydrogen-bond donors (Lipinski definition) is 0. The minimum absolute atomic E-state index is 0.526. The Hall–Kier alpha value is 0.274. The highest BCUT2D eigenvalue weighted by Gasteiger charge is 2.32. The average Bonchev–Trinajstić information content (AvgIpc) is 2.98. The molecule has 4 nitrogen and oxygen atoms in total. The number of methoxy groups -OCH3 is 1. The fourth-order valence-corrected chi connectivity index (χ4v) is 12.4. The van der Waals surface area contributed by atoms with E-state index in [-0.39, 0.29) is 0 Å². The molecule has 0 aromatic carbocycles. The van der Waals surface area contributed by atoms with Crippen molar-refractivity contribution in [2.45, 2.75) is 82.9 Å². The third-order valence-corrected chi connectivity index (χ3v) is 12.2. The van der Waals surface area contributed by atoms with Crippen molar-refractivity contribution in [1.82, 2.24) is 0 Å². The van der Waals surface area contributed by atoms with Gasteiger partial charge >= 0.3 is 0 Å². The molecule has 0 aromatic rings. The monoisotopic (exact) mass is 376 g/mol. The lowest BCUT2D eigenvalue weighted by Gasteiger charge is -2.34. The van der Waals surface area contributed by atoms with E-state index in [9.17, 15) is 0 Å². The molecule has 144 valence electrons. The summed E-state index contributed by atoms with van der Waals surface area (Å²) >= 11 is 0. The Balaban J connectivity index is 2.12. The van der Waals surface area contributed by atoms with Crippen LogP contribution in [-0.4, -0.2) is 56.3 Å². The van der Waals surface area contributed by atoms with E-state index in [1.54, 1.807) is 7.11 Å². The van der Waals surface area contributed by atoms with Crippen molar-refractivity contribution < 1.29 is 18.3 Å². The summed E-state index contributed by atoms with van der Waals surface area (Å²) < 4.78 is 23.0. The van der Waals surface area contributed by atoms with E-state index in [2.05, 4.69) is 26.2 Å². The summed E-state index contributed by atoms with van der Waals surface area (Å²) in [5.74, 6) is 0. The molecular weight excluding hydrogens is 336 g/mol. The predicted octanol–water partition coefficient (Wildman–Crippen LogP) is 4.82. The van der Waals surface area contributed by atoms with Crippen LogP contribution in [0.1, 0.15) is 38.5 Å². The highest BCUT2D eigenvalue weighted by molar-refractivity contribution is 6.84. The highest BCUT2D eigenvalue weighted by Crippen LogP contribution is 2.26. The molecule has 1 atom stereocenters. The van der Waals surface area contributed by atoms with Gasteiger partial charge in [-0.3, -0.25) is 0 Å². The summed E-state index contributed by atoms with van der Waals surface area (Å²) in [5.41, 5.74) is 0. The maximum Gasteiger partial charge on any atom is 0.173 e. The molecule has 1 aliphatic heterocycles. The van der Waals surface area contributed by atoms with Gasteiger partial charge in [0.2, 0.25) is 0 Å². The maximum atomic E-state index is 6.71. The molecule has 0 spiro atoms. The van der Waals surface area contributed by atoms with Crippen molar-refractivity contribution in [2.24, 2.45) is 0 Å². The van der Waals surface area contributed by atoms with Crippen LogP contribution in [0.5, 0.6) is 0 Å². The van der Waals surface area contributed by atoms with Crippen molar-refractivity contribution in [3.05, 3.63) is 0 Å². The minimum atomic E-state index is -1.55. The van der Waals surface area contributed by atoms with Crippen molar-refractivity contribution >= 4 is 16.6 Å². The van der Waals surface area contributed by atoms with E-state index >= 15 is 0 Å². The van der Waals surface area contributed by atoms with E-state index in [1.165, 1.54) is 44.2 Å². The fraction of sp³-hybridized carbons (Fsp3) is 1.00. The summed E-state index contributed by atoms with van der Waals surface area (Å²) in [4.78, 5) is 0. The second-order valence-electron chi connectivity index (χ2n) is 8.21.